The Kier molecular flexibility index (Phi) is 7.82. The van der Waals surface area contributed by atoms with Crippen molar-refractivity contribution in [2.24, 2.45) is 0 Å². The van der Waals surface area contributed by atoms with Gasteiger partial charge in [-0.2, -0.15) is 4.72 Å². The van der Waals surface area contributed by atoms with E-state index in [9.17, 15) is 27.5 Å². The van der Waals surface area contributed by atoms with Crippen LogP contribution in [0, 0.1) is 5.82 Å². The topological polar surface area (TPSA) is 122 Å². The molecule has 0 bridgehead atoms. The van der Waals surface area contributed by atoms with Gasteiger partial charge in [0.2, 0.25) is 16.4 Å². The van der Waals surface area contributed by atoms with Crippen molar-refractivity contribution in [3.05, 3.63) is 54.3 Å². The molecule has 2 aromatic rings. The quantitative estimate of drug-likeness (QED) is 0.351. The number of thioether (sulfide) groups is 1. The fraction of sp³-hybridized carbons (Fsp3) is 0.263. The molecule has 2 unspecified atom stereocenters. The van der Waals surface area contributed by atoms with Crippen LogP contribution in [0.4, 0.5) is 4.39 Å². The maximum atomic E-state index is 13.0. The summed E-state index contributed by atoms with van der Waals surface area (Å²) in [5, 5.41) is 11.9. The van der Waals surface area contributed by atoms with Crippen LogP contribution in [0.1, 0.15) is 13.8 Å². The summed E-state index contributed by atoms with van der Waals surface area (Å²) in [6.07, 6.45) is 0.328. The molecule has 0 spiro atoms. The summed E-state index contributed by atoms with van der Waals surface area (Å²) in [4.78, 5) is 21.1. The second-order valence-electron chi connectivity index (χ2n) is 6.22. The van der Waals surface area contributed by atoms with Crippen LogP contribution in [0.3, 0.4) is 0 Å². The number of rotatable bonds is 11. The van der Waals surface area contributed by atoms with Crippen LogP contribution in [0.15, 0.2) is 53.4 Å². The molecular formula is C19H21FN2O6S2. The Morgan fingerprint density at radius 2 is 1.73 bits per heavy atom. The molecule has 0 saturated carbocycles. The van der Waals surface area contributed by atoms with Crippen molar-refractivity contribution >= 4 is 34.2 Å². The SMILES string of the molecule is CCSC(C)(NC=O)C(NS(=O)(=O)c1ccc(Oc2ccc(F)cc2)cc1)C(=O)O. The summed E-state index contributed by atoms with van der Waals surface area (Å²) in [6.45, 7) is 3.18. The van der Waals surface area contributed by atoms with Crippen molar-refractivity contribution in [3.63, 3.8) is 0 Å². The van der Waals surface area contributed by atoms with E-state index in [1.807, 2.05) is 0 Å². The van der Waals surface area contributed by atoms with Crippen molar-refractivity contribution in [3.8, 4) is 11.5 Å². The average Bonchev–Trinajstić information content (AvgIpc) is 2.68. The number of ether oxygens (including phenoxy) is 1. The number of nitrogens with one attached hydrogen (secondary N) is 2. The predicted molar refractivity (Wildman–Crippen MR) is 110 cm³/mol. The lowest BCUT2D eigenvalue weighted by Crippen LogP contribution is -2.60. The summed E-state index contributed by atoms with van der Waals surface area (Å²) in [7, 11) is -4.22. The lowest BCUT2D eigenvalue weighted by molar-refractivity contribution is -0.140. The number of carbonyl (C=O) groups excluding carboxylic acids is 1. The van der Waals surface area contributed by atoms with E-state index in [1.54, 1.807) is 6.92 Å². The van der Waals surface area contributed by atoms with E-state index in [0.29, 0.717) is 23.7 Å². The second-order valence-corrected chi connectivity index (χ2v) is 9.65. The minimum Gasteiger partial charge on any atom is -0.480 e. The third-order valence-corrected chi connectivity index (χ3v) is 6.72. The number of benzene rings is 2. The Balaban J connectivity index is 2.23. The van der Waals surface area contributed by atoms with Crippen molar-refractivity contribution in [2.45, 2.75) is 29.7 Å². The van der Waals surface area contributed by atoms with Gasteiger partial charge >= 0.3 is 5.97 Å². The maximum absolute atomic E-state index is 13.0. The summed E-state index contributed by atoms with van der Waals surface area (Å²) >= 11 is 1.08. The van der Waals surface area contributed by atoms with Gasteiger partial charge < -0.3 is 15.2 Å². The minimum absolute atomic E-state index is 0.185. The van der Waals surface area contributed by atoms with Gasteiger partial charge in [0.05, 0.1) is 4.90 Å². The van der Waals surface area contributed by atoms with Gasteiger partial charge in [-0.1, -0.05) is 6.92 Å². The molecule has 2 rings (SSSR count). The van der Waals surface area contributed by atoms with Gasteiger partial charge in [-0.05, 0) is 61.2 Å². The van der Waals surface area contributed by atoms with Crippen molar-refractivity contribution < 1.29 is 32.2 Å². The first-order valence-electron chi connectivity index (χ1n) is 8.75. The zero-order valence-electron chi connectivity index (χ0n) is 16.2. The van der Waals surface area contributed by atoms with E-state index in [-0.39, 0.29) is 4.90 Å². The molecule has 2 aromatic carbocycles. The Morgan fingerprint density at radius 3 is 2.20 bits per heavy atom. The van der Waals surface area contributed by atoms with Gasteiger partial charge in [-0.25, -0.2) is 12.8 Å². The van der Waals surface area contributed by atoms with Gasteiger partial charge in [0.1, 0.15) is 22.2 Å². The number of carboxylic acids is 1. The highest BCUT2D eigenvalue weighted by Gasteiger charge is 2.42. The van der Waals surface area contributed by atoms with Crippen LogP contribution in [0.5, 0.6) is 11.5 Å². The molecule has 0 aliphatic rings. The molecular weight excluding hydrogens is 435 g/mol. The summed E-state index contributed by atoms with van der Waals surface area (Å²) in [6, 6.07) is 8.94. The molecule has 0 fully saturated rings. The maximum Gasteiger partial charge on any atom is 0.325 e. The first-order chi connectivity index (χ1) is 14.1. The van der Waals surface area contributed by atoms with Crippen molar-refractivity contribution in [1.29, 1.82) is 0 Å². The molecule has 0 radical (unpaired) electrons. The van der Waals surface area contributed by atoms with E-state index in [0.717, 1.165) is 11.8 Å². The zero-order chi connectivity index (χ0) is 22.4. The van der Waals surface area contributed by atoms with Gasteiger partial charge in [0.15, 0.2) is 6.04 Å². The number of halogens is 1. The molecule has 162 valence electrons. The Morgan fingerprint density at radius 1 is 1.20 bits per heavy atom. The summed E-state index contributed by atoms with van der Waals surface area (Å²) in [5.41, 5.74) is 0. The molecule has 0 aliphatic heterocycles. The molecule has 3 N–H and O–H groups in total. The predicted octanol–water partition coefficient (Wildman–Crippen LogP) is 2.56. The molecule has 11 heteroatoms. The van der Waals surface area contributed by atoms with Crippen LogP contribution >= 0.6 is 11.8 Å². The third kappa shape index (κ3) is 5.94. The zero-order valence-corrected chi connectivity index (χ0v) is 17.8. The Labute approximate surface area is 177 Å². The van der Waals surface area contributed by atoms with Gasteiger partial charge in [0, 0.05) is 0 Å². The lowest BCUT2D eigenvalue weighted by Gasteiger charge is -2.34. The van der Waals surface area contributed by atoms with Gasteiger partial charge in [-0.15, -0.1) is 11.8 Å². The number of hydrogen-bond donors (Lipinski definition) is 3. The molecule has 0 aliphatic carbocycles. The molecule has 2 atom stereocenters. The van der Waals surface area contributed by atoms with E-state index in [2.05, 4.69) is 10.0 Å². The monoisotopic (exact) mass is 456 g/mol. The summed E-state index contributed by atoms with van der Waals surface area (Å²) in [5.74, 6) is -0.737. The highest BCUT2D eigenvalue weighted by molar-refractivity contribution is 8.00. The van der Waals surface area contributed by atoms with E-state index in [1.165, 1.54) is 55.5 Å². The Bertz CT molecular complexity index is 983. The van der Waals surface area contributed by atoms with Crippen molar-refractivity contribution in [1.82, 2.24) is 10.0 Å². The number of carbonyl (C=O) groups is 2. The first kappa shape index (κ1) is 23.6. The molecule has 0 heterocycles. The molecule has 0 aromatic heterocycles. The summed E-state index contributed by atoms with van der Waals surface area (Å²) < 4.78 is 46.1. The second kappa shape index (κ2) is 9.92. The van der Waals surface area contributed by atoms with Gasteiger partial charge in [0.25, 0.3) is 0 Å². The van der Waals surface area contributed by atoms with E-state index >= 15 is 0 Å². The largest absolute Gasteiger partial charge is 0.480 e. The first-order valence-corrected chi connectivity index (χ1v) is 11.2. The van der Waals surface area contributed by atoms with Crippen LogP contribution in [0.25, 0.3) is 0 Å². The van der Waals surface area contributed by atoms with Crippen LogP contribution in [-0.4, -0.2) is 42.6 Å². The standard InChI is InChI=1S/C19H21FN2O6S2/c1-3-29-19(2,21-12-23)17(18(24)25)22-30(26,27)16-10-8-15(9-11-16)28-14-6-4-13(20)5-7-14/h4-12,17,22H,3H2,1-2H3,(H,21,23)(H,24,25). The Hall–Kier alpha value is -2.63. The average molecular weight is 457 g/mol. The van der Waals surface area contributed by atoms with Crippen LogP contribution < -0.4 is 14.8 Å². The highest BCUT2D eigenvalue weighted by Crippen LogP contribution is 2.28. The smallest absolute Gasteiger partial charge is 0.325 e. The van der Waals surface area contributed by atoms with E-state index < -0.39 is 32.7 Å². The number of carboxylic acid groups (broad SMARTS) is 1. The van der Waals surface area contributed by atoms with Crippen LogP contribution in [0.2, 0.25) is 0 Å². The van der Waals surface area contributed by atoms with Crippen molar-refractivity contribution in [2.75, 3.05) is 5.75 Å². The third-order valence-electron chi connectivity index (χ3n) is 4.04. The number of amides is 1. The fourth-order valence-electron chi connectivity index (χ4n) is 2.57. The van der Waals surface area contributed by atoms with E-state index in [4.69, 9.17) is 4.74 Å². The van der Waals surface area contributed by atoms with Gasteiger partial charge in [-0.3, -0.25) is 9.59 Å². The number of sulfonamides is 1. The molecule has 8 nitrogen and oxygen atoms in total. The van der Waals surface area contributed by atoms with Crippen LogP contribution in [-0.2, 0) is 19.6 Å². The number of aliphatic carboxylic acids is 1. The highest BCUT2D eigenvalue weighted by atomic mass is 32.2. The molecule has 1 amide bonds. The minimum atomic E-state index is -4.22. The number of hydrogen-bond acceptors (Lipinski definition) is 6. The molecule has 30 heavy (non-hydrogen) atoms. The molecule has 0 saturated heterocycles. The normalized spacial score (nSPS) is 14.4. The lowest BCUT2D eigenvalue weighted by atomic mass is 10.1. The fourth-order valence-corrected chi connectivity index (χ4v) is 4.98.